The van der Waals surface area contributed by atoms with Gasteiger partial charge in [-0.05, 0) is 39.5 Å². The van der Waals surface area contributed by atoms with Gasteiger partial charge in [0.15, 0.2) is 0 Å². The van der Waals surface area contributed by atoms with E-state index in [1.165, 1.54) is 121 Å². The Kier molecular flexibility index (Phi) is 22.5. The van der Waals surface area contributed by atoms with Crippen LogP contribution < -0.4 is 0 Å². The minimum absolute atomic E-state index is 0.0914. The molecule has 0 bridgehead atoms. The van der Waals surface area contributed by atoms with Crippen LogP contribution in [0.3, 0.4) is 0 Å². The van der Waals surface area contributed by atoms with Gasteiger partial charge >= 0.3 is 0 Å². The average molecular weight is 438 g/mol. The third kappa shape index (κ3) is 25.8. The molecule has 0 aliphatic rings. The lowest BCUT2D eigenvalue weighted by molar-refractivity contribution is -0.908. The zero-order valence-electron chi connectivity index (χ0n) is 20.2. The number of hydrogen-bond acceptors (Lipinski definition) is 4. The van der Waals surface area contributed by atoms with Gasteiger partial charge in [-0.15, -0.1) is 0 Å². The van der Waals surface area contributed by atoms with E-state index in [1.54, 1.807) is 0 Å². The minimum Gasteiger partial charge on any atom is -0.726 e. The van der Waals surface area contributed by atoms with E-state index in [-0.39, 0.29) is 6.61 Å². The Morgan fingerprint density at radius 1 is 0.655 bits per heavy atom. The van der Waals surface area contributed by atoms with Gasteiger partial charge in [0.05, 0.1) is 33.3 Å². The molecule has 1 atom stereocenters. The molecule has 0 rings (SSSR count). The van der Waals surface area contributed by atoms with E-state index in [0.29, 0.717) is 0 Å². The molecular weight excluding hydrogens is 386 g/mol. The summed E-state index contributed by atoms with van der Waals surface area (Å²) in [5.41, 5.74) is 0. The summed E-state index contributed by atoms with van der Waals surface area (Å²) in [4.78, 5) is 0. The first-order valence-corrected chi connectivity index (χ1v) is 13.5. The first-order chi connectivity index (χ1) is 13.7. The first-order valence-electron chi connectivity index (χ1n) is 12.2. The molecule has 0 spiro atoms. The monoisotopic (exact) mass is 437 g/mol. The van der Waals surface area contributed by atoms with Crippen LogP contribution in [0.2, 0.25) is 0 Å². The van der Waals surface area contributed by atoms with Crippen molar-refractivity contribution < 1.29 is 21.6 Å². The standard InChI is InChI=1S/C21H46N.C2H6O4S/c1-5-8-10-12-14-15-17-19-21-22(4,7-3)20-18-16-13-11-9-6-2;1-2-6-7(3,4)5/h5-21H2,1-4H3;2H2,1H3,(H,3,4,5)/q+1;/p-1. The molecule has 1 unspecified atom stereocenters. The molecule has 0 saturated heterocycles. The fourth-order valence-electron chi connectivity index (χ4n) is 3.47. The molecule has 5 nitrogen and oxygen atoms in total. The Bertz CT molecular complexity index is 429. The molecule has 0 aliphatic carbocycles. The Labute approximate surface area is 183 Å². The van der Waals surface area contributed by atoms with E-state index in [9.17, 15) is 13.0 Å². The van der Waals surface area contributed by atoms with Crippen molar-refractivity contribution in [1.29, 1.82) is 0 Å². The molecule has 0 saturated carbocycles. The topological polar surface area (TPSA) is 66.4 Å². The summed E-state index contributed by atoms with van der Waals surface area (Å²) in [6.07, 6.45) is 20.1. The second-order valence-electron chi connectivity index (χ2n) is 8.44. The van der Waals surface area contributed by atoms with E-state index in [4.69, 9.17) is 0 Å². The highest BCUT2D eigenvalue weighted by molar-refractivity contribution is 7.80. The van der Waals surface area contributed by atoms with Gasteiger partial charge in [0, 0.05) is 0 Å². The lowest BCUT2D eigenvalue weighted by atomic mass is 10.1. The molecule has 0 fully saturated rings. The Balaban J connectivity index is 0. The van der Waals surface area contributed by atoms with Crippen molar-refractivity contribution in [2.75, 3.05) is 33.3 Å². The fourth-order valence-corrected chi connectivity index (χ4v) is 3.76. The van der Waals surface area contributed by atoms with Crippen LogP contribution in [0.5, 0.6) is 0 Å². The van der Waals surface area contributed by atoms with Gasteiger partial charge in [-0.25, -0.2) is 8.42 Å². The van der Waals surface area contributed by atoms with Crippen LogP contribution in [0, 0.1) is 0 Å². The van der Waals surface area contributed by atoms with Crippen LogP contribution in [-0.2, 0) is 14.6 Å². The van der Waals surface area contributed by atoms with Crippen molar-refractivity contribution in [2.45, 2.75) is 118 Å². The summed E-state index contributed by atoms with van der Waals surface area (Å²) in [5.74, 6) is 0. The summed E-state index contributed by atoms with van der Waals surface area (Å²) < 4.78 is 33.3. The Morgan fingerprint density at radius 2 is 1.00 bits per heavy atom. The van der Waals surface area contributed by atoms with Gasteiger partial charge in [0.25, 0.3) is 0 Å². The SMILES string of the molecule is CCCCCCCCCC[N+](C)(CC)CCCCCCCC.CCOS(=O)(=O)[O-]. The zero-order valence-corrected chi connectivity index (χ0v) is 21.0. The highest BCUT2D eigenvalue weighted by Gasteiger charge is 2.17. The van der Waals surface area contributed by atoms with Gasteiger partial charge in [-0.1, -0.05) is 78.1 Å². The van der Waals surface area contributed by atoms with Gasteiger partial charge in [0.1, 0.15) is 0 Å². The summed E-state index contributed by atoms with van der Waals surface area (Å²) in [6.45, 7) is 12.4. The first kappa shape index (κ1) is 31.0. The smallest absolute Gasteiger partial charge is 0.217 e. The predicted molar refractivity (Wildman–Crippen MR) is 124 cm³/mol. The van der Waals surface area contributed by atoms with Crippen molar-refractivity contribution in [3.05, 3.63) is 0 Å². The van der Waals surface area contributed by atoms with Crippen molar-refractivity contribution in [1.82, 2.24) is 0 Å². The van der Waals surface area contributed by atoms with E-state index in [1.807, 2.05) is 0 Å². The van der Waals surface area contributed by atoms with Gasteiger partial charge < -0.3 is 9.04 Å². The fraction of sp³-hybridized carbons (Fsp3) is 1.00. The lowest BCUT2D eigenvalue weighted by Gasteiger charge is -2.33. The van der Waals surface area contributed by atoms with E-state index < -0.39 is 10.4 Å². The second kappa shape index (κ2) is 21.1. The number of nitrogens with zero attached hydrogens (tertiary/aromatic N) is 1. The third-order valence-electron chi connectivity index (χ3n) is 5.63. The van der Waals surface area contributed by atoms with Crippen LogP contribution >= 0.6 is 0 Å². The predicted octanol–water partition coefficient (Wildman–Crippen LogP) is 6.44. The molecule has 0 aliphatic heterocycles. The maximum Gasteiger partial charge on any atom is 0.217 e. The molecular formula is C23H51NO4S. The molecule has 0 heterocycles. The van der Waals surface area contributed by atoms with Crippen molar-refractivity contribution in [2.24, 2.45) is 0 Å². The molecule has 178 valence electrons. The van der Waals surface area contributed by atoms with Crippen molar-refractivity contribution >= 4 is 10.4 Å². The summed E-state index contributed by atoms with van der Waals surface area (Å²) in [6, 6.07) is 0. The van der Waals surface area contributed by atoms with Crippen LogP contribution in [0.1, 0.15) is 118 Å². The molecule has 6 heteroatoms. The lowest BCUT2D eigenvalue weighted by Crippen LogP contribution is -2.45. The Morgan fingerprint density at radius 3 is 1.24 bits per heavy atom. The molecule has 0 aromatic rings. The van der Waals surface area contributed by atoms with Crippen LogP contribution in [0.15, 0.2) is 0 Å². The number of unbranched alkanes of at least 4 members (excludes halogenated alkanes) is 12. The minimum atomic E-state index is -4.42. The van der Waals surface area contributed by atoms with Crippen LogP contribution in [-0.4, -0.2) is 50.7 Å². The van der Waals surface area contributed by atoms with Gasteiger partial charge in [-0.3, -0.25) is 4.18 Å². The average Bonchev–Trinajstić information content (AvgIpc) is 2.66. The maximum absolute atomic E-state index is 9.45. The molecule has 0 aromatic heterocycles. The number of hydrogen-bond donors (Lipinski definition) is 0. The molecule has 0 aromatic carbocycles. The quantitative estimate of drug-likeness (QED) is 0.101. The van der Waals surface area contributed by atoms with Crippen molar-refractivity contribution in [3.63, 3.8) is 0 Å². The summed E-state index contributed by atoms with van der Waals surface area (Å²) in [7, 11) is -1.94. The largest absolute Gasteiger partial charge is 0.726 e. The Hall–Kier alpha value is -0.170. The van der Waals surface area contributed by atoms with E-state index in [2.05, 4.69) is 32.0 Å². The maximum atomic E-state index is 9.45. The molecule has 0 amide bonds. The third-order valence-corrected chi connectivity index (χ3v) is 6.15. The van der Waals surface area contributed by atoms with Crippen LogP contribution in [0.25, 0.3) is 0 Å². The normalized spacial score (nSPS) is 13.6. The van der Waals surface area contributed by atoms with Gasteiger partial charge in [-0.2, -0.15) is 0 Å². The molecule has 0 N–H and O–H groups in total. The number of rotatable bonds is 19. The van der Waals surface area contributed by atoms with Crippen LogP contribution in [0.4, 0.5) is 0 Å². The highest BCUT2D eigenvalue weighted by Crippen LogP contribution is 2.13. The zero-order chi connectivity index (χ0) is 22.4. The van der Waals surface area contributed by atoms with E-state index in [0.717, 1.165) is 0 Å². The van der Waals surface area contributed by atoms with Gasteiger partial charge in [0.2, 0.25) is 10.4 Å². The highest BCUT2D eigenvalue weighted by atomic mass is 32.3. The summed E-state index contributed by atoms with van der Waals surface area (Å²) >= 11 is 0. The molecule has 29 heavy (non-hydrogen) atoms. The number of quaternary nitrogens is 1. The van der Waals surface area contributed by atoms with Crippen molar-refractivity contribution in [3.8, 4) is 0 Å². The van der Waals surface area contributed by atoms with E-state index >= 15 is 0 Å². The summed E-state index contributed by atoms with van der Waals surface area (Å²) in [5, 5.41) is 0. The second-order valence-corrected chi connectivity index (χ2v) is 9.49. The molecule has 0 radical (unpaired) electrons.